The van der Waals surface area contributed by atoms with Gasteiger partial charge in [0.05, 0.1) is 11.7 Å². The first-order valence-electron chi connectivity index (χ1n) is 3.77. The van der Waals surface area contributed by atoms with Gasteiger partial charge in [-0.15, -0.1) is 4.37 Å². The molecule has 0 atom stereocenters. The van der Waals surface area contributed by atoms with Gasteiger partial charge in [0.2, 0.25) is 5.15 Å². The second kappa shape index (κ2) is 3.81. The summed E-state index contributed by atoms with van der Waals surface area (Å²) in [5.74, 6) is 0.954. The molecule has 72 valence electrons. The van der Waals surface area contributed by atoms with E-state index in [0.29, 0.717) is 17.3 Å². The maximum atomic E-state index is 5.71. The third kappa shape index (κ3) is 1.94. The molecule has 0 saturated heterocycles. The minimum atomic E-state index is 0.270. The van der Waals surface area contributed by atoms with Crippen LogP contribution in [0, 0.1) is 0 Å². The molecule has 14 heavy (non-hydrogen) atoms. The minimum Gasteiger partial charge on any atom is -0.436 e. The number of hydrogen-bond acceptors (Lipinski definition) is 5. The van der Waals surface area contributed by atoms with E-state index in [2.05, 4.69) is 8.75 Å². The quantitative estimate of drug-likeness (QED) is 0.801. The molecule has 0 aliphatic carbocycles. The Morgan fingerprint density at radius 2 is 1.93 bits per heavy atom. The summed E-state index contributed by atoms with van der Waals surface area (Å²) in [6.07, 6.45) is 0. The second-order valence-corrected chi connectivity index (χ2v) is 3.42. The first-order valence-corrected chi connectivity index (χ1v) is 4.88. The summed E-state index contributed by atoms with van der Waals surface area (Å²) in [6.45, 7) is 0. The first-order chi connectivity index (χ1) is 6.75. The Labute approximate surface area is 89.6 Å². The number of hydrogen-bond donors (Lipinski definition) is 1. The van der Waals surface area contributed by atoms with Crippen molar-refractivity contribution in [3.8, 4) is 11.6 Å². The molecule has 0 unspecified atom stereocenters. The number of benzene rings is 1. The Kier molecular flexibility index (Phi) is 2.51. The van der Waals surface area contributed by atoms with Crippen LogP contribution in [-0.4, -0.2) is 8.75 Å². The van der Waals surface area contributed by atoms with Crippen LogP contribution in [0.5, 0.6) is 11.6 Å². The van der Waals surface area contributed by atoms with Gasteiger partial charge >= 0.3 is 0 Å². The second-order valence-electron chi connectivity index (χ2n) is 2.53. The van der Waals surface area contributed by atoms with Gasteiger partial charge in [-0.25, -0.2) is 0 Å². The molecule has 0 aliphatic rings. The lowest BCUT2D eigenvalue weighted by Crippen LogP contribution is -1.86. The van der Waals surface area contributed by atoms with Crippen molar-refractivity contribution in [3.63, 3.8) is 0 Å². The fourth-order valence-electron chi connectivity index (χ4n) is 0.878. The van der Waals surface area contributed by atoms with E-state index in [1.807, 2.05) is 0 Å². The molecule has 1 aromatic heterocycles. The van der Waals surface area contributed by atoms with Gasteiger partial charge in [-0.1, -0.05) is 11.6 Å². The molecule has 0 amide bonds. The summed E-state index contributed by atoms with van der Waals surface area (Å²) < 4.78 is 13.0. The van der Waals surface area contributed by atoms with Crippen molar-refractivity contribution in [3.05, 3.63) is 29.4 Å². The van der Waals surface area contributed by atoms with Gasteiger partial charge in [-0.05, 0) is 24.3 Å². The molecule has 0 fully saturated rings. The third-order valence-electron chi connectivity index (χ3n) is 1.52. The average Bonchev–Trinajstić information content (AvgIpc) is 2.56. The molecule has 0 saturated carbocycles. The van der Waals surface area contributed by atoms with Gasteiger partial charge in [0, 0.05) is 5.69 Å². The van der Waals surface area contributed by atoms with Crippen molar-refractivity contribution < 1.29 is 4.74 Å². The highest BCUT2D eigenvalue weighted by atomic mass is 35.5. The highest BCUT2D eigenvalue weighted by Gasteiger charge is 2.06. The predicted molar refractivity (Wildman–Crippen MR) is 55.8 cm³/mol. The van der Waals surface area contributed by atoms with Gasteiger partial charge in [0.1, 0.15) is 5.75 Å². The molecule has 0 aliphatic heterocycles. The van der Waals surface area contributed by atoms with E-state index < -0.39 is 0 Å². The van der Waals surface area contributed by atoms with E-state index >= 15 is 0 Å². The predicted octanol–water partition coefficient (Wildman–Crippen LogP) is 2.57. The van der Waals surface area contributed by atoms with Gasteiger partial charge in [-0.3, -0.25) is 0 Å². The highest BCUT2D eigenvalue weighted by molar-refractivity contribution is 6.99. The lowest BCUT2D eigenvalue weighted by molar-refractivity contribution is 0.468. The zero-order valence-corrected chi connectivity index (χ0v) is 8.55. The molecule has 2 rings (SSSR count). The van der Waals surface area contributed by atoms with Crippen LogP contribution in [0.15, 0.2) is 24.3 Å². The molecule has 0 spiro atoms. The summed E-state index contributed by atoms with van der Waals surface area (Å²) in [5.41, 5.74) is 6.20. The fourth-order valence-corrected chi connectivity index (χ4v) is 1.49. The van der Waals surface area contributed by atoms with Crippen LogP contribution in [0.4, 0.5) is 5.69 Å². The van der Waals surface area contributed by atoms with Crippen LogP contribution in [-0.2, 0) is 0 Å². The first kappa shape index (κ1) is 9.23. The van der Waals surface area contributed by atoms with Crippen LogP contribution in [0.3, 0.4) is 0 Å². The standard InChI is InChI=1S/C8H6ClN3OS/c9-7-8(12-14-11-7)13-6-3-1-5(10)2-4-6/h1-4H,10H2. The lowest BCUT2D eigenvalue weighted by atomic mass is 10.3. The van der Waals surface area contributed by atoms with E-state index in [4.69, 9.17) is 22.1 Å². The van der Waals surface area contributed by atoms with E-state index in [-0.39, 0.29) is 5.15 Å². The van der Waals surface area contributed by atoms with E-state index in [0.717, 1.165) is 11.7 Å². The van der Waals surface area contributed by atoms with Crippen molar-refractivity contribution in [2.24, 2.45) is 0 Å². The molecule has 0 bridgehead atoms. The van der Waals surface area contributed by atoms with Gasteiger partial charge in [0.25, 0.3) is 5.88 Å². The number of anilines is 1. The molecule has 4 nitrogen and oxygen atoms in total. The average molecular weight is 228 g/mol. The van der Waals surface area contributed by atoms with Crippen LogP contribution < -0.4 is 10.5 Å². The summed E-state index contributed by atoms with van der Waals surface area (Å²) in [5, 5.41) is 0.270. The lowest BCUT2D eigenvalue weighted by Gasteiger charge is -2.01. The van der Waals surface area contributed by atoms with Crippen molar-refractivity contribution in [2.75, 3.05) is 5.73 Å². The molecule has 2 N–H and O–H groups in total. The Hall–Kier alpha value is -1.33. The van der Waals surface area contributed by atoms with Crippen molar-refractivity contribution in [2.45, 2.75) is 0 Å². The third-order valence-corrected chi connectivity index (χ3v) is 2.37. The number of halogens is 1. The zero-order valence-electron chi connectivity index (χ0n) is 6.98. The van der Waals surface area contributed by atoms with Gasteiger partial charge in [-0.2, -0.15) is 4.37 Å². The van der Waals surface area contributed by atoms with Crippen LogP contribution in [0.25, 0.3) is 0 Å². The van der Waals surface area contributed by atoms with Crippen LogP contribution in [0.2, 0.25) is 5.15 Å². The van der Waals surface area contributed by atoms with Gasteiger partial charge < -0.3 is 10.5 Å². The summed E-state index contributed by atoms with van der Waals surface area (Å²) in [7, 11) is 0. The van der Waals surface area contributed by atoms with E-state index in [9.17, 15) is 0 Å². The molecule has 1 heterocycles. The number of rotatable bonds is 2. The van der Waals surface area contributed by atoms with Crippen molar-refractivity contribution >= 4 is 29.0 Å². The number of nitrogens with two attached hydrogens (primary N) is 1. The maximum absolute atomic E-state index is 5.71. The monoisotopic (exact) mass is 227 g/mol. The van der Waals surface area contributed by atoms with Crippen molar-refractivity contribution in [1.29, 1.82) is 0 Å². The van der Waals surface area contributed by atoms with E-state index in [1.165, 1.54) is 0 Å². The smallest absolute Gasteiger partial charge is 0.270 e. The normalized spacial score (nSPS) is 10.1. The van der Waals surface area contributed by atoms with Crippen molar-refractivity contribution in [1.82, 2.24) is 8.75 Å². The highest BCUT2D eigenvalue weighted by Crippen LogP contribution is 2.26. The number of aromatic nitrogens is 2. The maximum Gasteiger partial charge on any atom is 0.270 e. The fraction of sp³-hybridized carbons (Fsp3) is 0. The van der Waals surface area contributed by atoms with Crippen LogP contribution in [0.1, 0.15) is 0 Å². The Balaban J connectivity index is 2.19. The van der Waals surface area contributed by atoms with Gasteiger partial charge in [0.15, 0.2) is 0 Å². The Bertz CT molecular complexity index is 428. The number of nitrogens with zero attached hydrogens (tertiary/aromatic N) is 2. The molecule has 1 aromatic carbocycles. The minimum absolute atomic E-state index is 0.270. The molecular weight excluding hydrogens is 222 g/mol. The Morgan fingerprint density at radius 1 is 1.21 bits per heavy atom. The van der Waals surface area contributed by atoms with Crippen LogP contribution >= 0.6 is 23.3 Å². The largest absolute Gasteiger partial charge is 0.436 e. The topological polar surface area (TPSA) is 61.0 Å². The SMILES string of the molecule is Nc1ccc(Oc2nsnc2Cl)cc1. The molecule has 0 radical (unpaired) electrons. The molecular formula is C8H6ClN3OS. The summed E-state index contributed by atoms with van der Waals surface area (Å²) in [6, 6.07) is 6.96. The van der Waals surface area contributed by atoms with E-state index in [1.54, 1.807) is 24.3 Å². The summed E-state index contributed by atoms with van der Waals surface area (Å²) >= 11 is 6.72. The zero-order chi connectivity index (χ0) is 9.97. The Morgan fingerprint density at radius 3 is 2.50 bits per heavy atom. The number of nitrogen functional groups attached to an aromatic ring is 1. The number of ether oxygens (including phenoxy) is 1. The molecule has 2 aromatic rings. The molecule has 6 heteroatoms. The summed E-state index contributed by atoms with van der Waals surface area (Å²) in [4.78, 5) is 0.